The quantitative estimate of drug-likeness (QED) is 0.849. The highest BCUT2D eigenvalue weighted by Crippen LogP contribution is 2.09. The van der Waals surface area contributed by atoms with Gasteiger partial charge in [-0.05, 0) is 38.1 Å². The number of anilines is 2. The van der Waals surface area contributed by atoms with Gasteiger partial charge in [-0.2, -0.15) is 0 Å². The van der Waals surface area contributed by atoms with Gasteiger partial charge in [0.15, 0.2) is 0 Å². The van der Waals surface area contributed by atoms with Crippen LogP contribution in [0.15, 0.2) is 60.7 Å². The third-order valence-corrected chi connectivity index (χ3v) is 3.02. The van der Waals surface area contributed by atoms with Crippen LogP contribution in [0.5, 0.6) is 0 Å². The summed E-state index contributed by atoms with van der Waals surface area (Å²) in [6.45, 7) is 3.95. The van der Waals surface area contributed by atoms with Crippen LogP contribution >= 0.6 is 0 Å². The van der Waals surface area contributed by atoms with Crippen LogP contribution in [0.4, 0.5) is 11.4 Å². The lowest BCUT2D eigenvalue weighted by atomic mass is 10.2. The van der Waals surface area contributed by atoms with E-state index in [1.54, 1.807) is 0 Å². The Morgan fingerprint density at radius 3 is 1.32 bits per heavy atom. The van der Waals surface area contributed by atoms with E-state index in [1.807, 2.05) is 62.4 Å². The van der Waals surface area contributed by atoms with Crippen LogP contribution in [0.3, 0.4) is 0 Å². The van der Waals surface area contributed by atoms with E-state index < -0.39 is 0 Å². The summed E-state index contributed by atoms with van der Waals surface area (Å²) in [6, 6.07) is 14.9. The van der Waals surface area contributed by atoms with E-state index in [1.165, 1.54) is 12.2 Å². The predicted molar refractivity (Wildman–Crippen MR) is 88.8 cm³/mol. The Bertz CT molecular complexity index is 625. The fourth-order valence-corrected chi connectivity index (χ4v) is 1.79. The van der Waals surface area contributed by atoms with Gasteiger partial charge in [0.05, 0.1) is 0 Å². The topological polar surface area (TPSA) is 58.2 Å². The summed E-state index contributed by atoms with van der Waals surface area (Å²) in [5.41, 5.74) is 3.62. The molecule has 2 aromatic rings. The highest BCUT2D eigenvalue weighted by Gasteiger charge is 2.01. The van der Waals surface area contributed by atoms with Gasteiger partial charge in [0.2, 0.25) is 11.8 Å². The van der Waals surface area contributed by atoms with Gasteiger partial charge in [-0.25, -0.2) is 0 Å². The number of carbonyl (C=O) groups is 2. The molecule has 2 rings (SSSR count). The fourth-order valence-electron chi connectivity index (χ4n) is 1.79. The Morgan fingerprint density at radius 2 is 1.00 bits per heavy atom. The first-order valence-corrected chi connectivity index (χ1v) is 6.96. The van der Waals surface area contributed by atoms with E-state index in [-0.39, 0.29) is 11.8 Å². The molecule has 0 aliphatic carbocycles. The first-order valence-electron chi connectivity index (χ1n) is 6.96. The highest BCUT2D eigenvalue weighted by molar-refractivity contribution is 6.06. The zero-order valence-corrected chi connectivity index (χ0v) is 12.6. The molecule has 4 nitrogen and oxygen atoms in total. The van der Waals surface area contributed by atoms with Gasteiger partial charge in [-0.3, -0.25) is 9.59 Å². The molecule has 0 unspecified atom stereocenters. The molecule has 0 fully saturated rings. The summed E-state index contributed by atoms with van der Waals surface area (Å²) in [5.74, 6) is -0.689. The molecule has 0 saturated heterocycles. The smallest absolute Gasteiger partial charge is 0.248 e. The number of benzene rings is 2. The van der Waals surface area contributed by atoms with E-state index in [0.717, 1.165) is 11.1 Å². The molecule has 0 spiro atoms. The van der Waals surface area contributed by atoms with Crippen molar-refractivity contribution in [2.24, 2.45) is 0 Å². The van der Waals surface area contributed by atoms with Crippen molar-refractivity contribution in [3.63, 3.8) is 0 Å². The van der Waals surface area contributed by atoms with Gasteiger partial charge in [-0.15, -0.1) is 0 Å². The highest BCUT2D eigenvalue weighted by atomic mass is 16.2. The maximum absolute atomic E-state index is 11.7. The molecule has 0 bridgehead atoms. The summed E-state index contributed by atoms with van der Waals surface area (Å²) in [7, 11) is 0. The van der Waals surface area contributed by atoms with E-state index in [4.69, 9.17) is 0 Å². The van der Waals surface area contributed by atoms with Crippen molar-refractivity contribution >= 4 is 23.2 Å². The van der Waals surface area contributed by atoms with E-state index in [9.17, 15) is 9.59 Å². The van der Waals surface area contributed by atoms with E-state index >= 15 is 0 Å². The molecule has 2 aromatic carbocycles. The first-order chi connectivity index (χ1) is 10.5. The van der Waals surface area contributed by atoms with Gasteiger partial charge >= 0.3 is 0 Å². The van der Waals surface area contributed by atoms with Crippen molar-refractivity contribution in [1.29, 1.82) is 0 Å². The lowest BCUT2D eigenvalue weighted by Crippen LogP contribution is -2.12. The van der Waals surface area contributed by atoms with Gasteiger partial charge < -0.3 is 10.6 Å². The van der Waals surface area contributed by atoms with Gasteiger partial charge in [0.1, 0.15) is 0 Å². The first kappa shape index (κ1) is 15.5. The molecule has 0 radical (unpaired) electrons. The summed E-state index contributed by atoms with van der Waals surface area (Å²) in [6.07, 6.45) is 2.42. The summed E-state index contributed by atoms with van der Waals surface area (Å²) in [4.78, 5) is 23.4. The van der Waals surface area contributed by atoms with Crippen molar-refractivity contribution < 1.29 is 9.59 Å². The van der Waals surface area contributed by atoms with Crippen molar-refractivity contribution in [3.05, 3.63) is 71.8 Å². The van der Waals surface area contributed by atoms with Crippen molar-refractivity contribution in [2.75, 3.05) is 10.6 Å². The molecular weight excluding hydrogens is 276 g/mol. The number of hydrogen-bond donors (Lipinski definition) is 2. The maximum Gasteiger partial charge on any atom is 0.248 e. The van der Waals surface area contributed by atoms with Crippen LogP contribution < -0.4 is 10.6 Å². The second-order valence-electron chi connectivity index (χ2n) is 5.04. The van der Waals surface area contributed by atoms with E-state index in [2.05, 4.69) is 10.6 Å². The molecule has 2 N–H and O–H groups in total. The van der Waals surface area contributed by atoms with Crippen LogP contribution in [0.1, 0.15) is 11.1 Å². The normalized spacial score (nSPS) is 10.5. The fraction of sp³-hybridized carbons (Fsp3) is 0.111. The van der Waals surface area contributed by atoms with Crippen LogP contribution in [-0.2, 0) is 9.59 Å². The van der Waals surface area contributed by atoms with Gasteiger partial charge in [0.25, 0.3) is 0 Å². The number of hydrogen-bond acceptors (Lipinski definition) is 2. The molecule has 0 aromatic heterocycles. The van der Waals surface area contributed by atoms with Crippen LogP contribution in [0, 0.1) is 13.8 Å². The van der Waals surface area contributed by atoms with Crippen LogP contribution in [0.2, 0.25) is 0 Å². The number of carbonyl (C=O) groups excluding carboxylic acids is 2. The molecule has 0 aliphatic heterocycles. The Balaban J connectivity index is 1.87. The van der Waals surface area contributed by atoms with Crippen LogP contribution in [-0.4, -0.2) is 11.8 Å². The van der Waals surface area contributed by atoms with Gasteiger partial charge in [0, 0.05) is 23.5 Å². The lowest BCUT2D eigenvalue weighted by molar-refractivity contribution is -0.114. The Labute approximate surface area is 129 Å². The second-order valence-corrected chi connectivity index (χ2v) is 5.04. The zero-order valence-electron chi connectivity index (χ0n) is 12.6. The monoisotopic (exact) mass is 294 g/mol. The number of aryl methyl sites for hydroxylation is 2. The van der Waals surface area contributed by atoms with Crippen molar-refractivity contribution in [1.82, 2.24) is 0 Å². The summed E-state index contributed by atoms with van der Waals surface area (Å²) in [5, 5.41) is 5.38. The number of rotatable bonds is 4. The minimum absolute atomic E-state index is 0.345. The number of nitrogens with one attached hydrogen (secondary N) is 2. The third kappa shape index (κ3) is 4.90. The molecule has 0 atom stereocenters. The predicted octanol–water partition coefficient (Wildman–Crippen LogP) is 3.44. The average Bonchev–Trinajstić information content (AvgIpc) is 2.50. The Kier molecular flexibility index (Phi) is 5.09. The minimum atomic E-state index is -0.345. The molecule has 0 aliphatic rings. The molecule has 22 heavy (non-hydrogen) atoms. The van der Waals surface area contributed by atoms with Crippen molar-refractivity contribution in [3.8, 4) is 0 Å². The SMILES string of the molecule is Cc1ccc(NC(=O)/C=C/C(=O)Nc2ccc(C)cc2)cc1. The largest absolute Gasteiger partial charge is 0.323 e. The minimum Gasteiger partial charge on any atom is -0.323 e. The molecule has 2 amide bonds. The second kappa shape index (κ2) is 7.22. The molecule has 4 heteroatoms. The lowest BCUT2D eigenvalue weighted by Gasteiger charge is -2.03. The maximum atomic E-state index is 11.7. The van der Waals surface area contributed by atoms with E-state index in [0.29, 0.717) is 11.4 Å². The Morgan fingerprint density at radius 1 is 0.682 bits per heavy atom. The molecular formula is C18H18N2O2. The summed E-state index contributed by atoms with van der Waals surface area (Å²) >= 11 is 0. The van der Waals surface area contributed by atoms with Gasteiger partial charge in [-0.1, -0.05) is 35.4 Å². The molecule has 112 valence electrons. The standard InChI is InChI=1S/C18H18N2O2/c1-13-3-7-15(8-4-13)19-17(21)11-12-18(22)20-16-9-5-14(2)6-10-16/h3-12H,1-2H3,(H,19,21)(H,20,22)/b12-11+. The van der Waals surface area contributed by atoms with Crippen molar-refractivity contribution in [2.45, 2.75) is 13.8 Å². The summed E-state index contributed by atoms with van der Waals surface area (Å²) < 4.78 is 0. The zero-order chi connectivity index (χ0) is 15.9. The Hall–Kier alpha value is -2.88. The molecule has 0 heterocycles. The third-order valence-electron chi connectivity index (χ3n) is 3.02. The molecule has 0 saturated carbocycles. The van der Waals surface area contributed by atoms with Crippen LogP contribution in [0.25, 0.3) is 0 Å². The number of amides is 2. The average molecular weight is 294 g/mol.